The zero-order valence-corrected chi connectivity index (χ0v) is 46.0. The maximum atomic E-state index is 6.27. The maximum absolute atomic E-state index is 6.27. The highest BCUT2D eigenvalue weighted by molar-refractivity contribution is 6.07. The molecule has 0 bridgehead atoms. The summed E-state index contributed by atoms with van der Waals surface area (Å²) in [5, 5.41) is 6.83. The summed E-state index contributed by atoms with van der Waals surface area (Å²) in [7, 11) is 0. The summed E-state index contributed by atoms with van der Waals surface area (Å²) in [5.41, 5.74) is 20.1. The molecular weight excluding hydrogens is 1020 g/mol. The van der Waals surface area contributed by atoms with E-state index in [1.165, 1.54) is 16.7 Å². The number of hydrogen-bond acceptors (Lipinski definition) is 4. The highest BCUT2D eigenvalue weighted by Gasteiger charge is 2.25. The van der Waals surface area contributed by atoms with Gasteiger partial charge < -0.3 is 19.1 Å². The molecule has 15 aromatic rings. The molecule has 15 rings (SSSR count). The number of hydrogen-bond donors (Lipinski definition) is 0. The van der Waals surface area contributed by atoms with Crippen LogP contribution in [0.5, 0.6) is 0 Å². The van der Waals surface area contributed by atoms with Crippen molar-refractivity contribution in [2.75, 3.05) is 14.7 Å². The molecule has 4 nitrogen and oxygen atoms in total. The molecule has 0 amide bonds. The molecule has 0 radical (unpaired) electrons. The minimum absolute atomic E-state index is 0.881. The molecule has 0 unspecified atom stereocenters. The van der Waals surface area contributed by atoms with Gasteiger partial charge in [-0.25, -0.2) is 0 Å². The third-order valence-corrected chi connectivity index (χ3v) is 16.2. The lowest BCUT2D eigenvalue weighted by atomic mass is 10.0. The van der Waals surface area contributed by atoms with Crippen molar-refractivity contribution < 1.29 is 4.42 Å². The van der Waals surface area contributed by atoms with E-state index in [4.69, 9.17) is 4.42 Å². The van der Waals surface area contributed by atoms with Crippen LogP contribution in [0.25, 0.3) is 88.0 Å². The molecule has 0 aliphatic carbocycles. The van der Waals surface area contributed by atoms with Gasteiger partial charge in [0.1, 0.15) is 11.2 Å². The Balaban J connectivity index is 0.981. The van der Waals surface area contributed by atoms with Crippen LogP contribution >= 0.6 is 0 Å². The number of anilines is 9. The first-order chi connectivity index (χ1) is 41.6. The van der Waals surface area contributed by atoms with Gasteiger partial charge in [0.2, 0.25) is 0 Å². The average molecular weight is 1070 g/mol. The first-order valence-corrected chi connectivity index (χ1v) is 28.6. The van der Waals surface area contributed by atoms with Crippen LogP contribution in [0.3, 0.4) is 0 Å². The summed E-state index contributed by atoms with van der Waals surface area (Å²) in [6.45, 7) is 0. The van der Waals surface area contributed by atoms with Crippen LogP contribution in [0, 0.1) is 0 Å². The highest BCUT2D eigenvalue weighted by Crippen LogP contribution is 2.49. The second-order valence-electron chi connectivity index (χ2n) is 21.3. The number of furan rings is 1. The minimum atomic E-state index is 0.881. The topological polar surface area (TPSA) is 22.9 Å². The van der Waals surface area contributed by atoms with E-state index in [9.17, 15) is 0 Å². The number of fused-ring (bicyclic) bond motifs is 5. The van der Waals surface area contributed by atoms with E-state index >= 15 is 0 Å². The van der Waals surface area contributed by atoms with Gasteiger partial charge in [-0.3, -0.25) is 0 Å². The molecule has 14 aromatic carbocycles. The molecule has 1 aromatic heterocycles. The van der Waals surface area contributed by atoms with Crippen molar-refractivity contribution >= 4 is 94.7 Å². The van der Waals surface area contributed by atoms with E-state index in [0.717, 1.165) is 122 Å². The third kappa shape index (κ3) is 9.48. The molecule has 396 valence electrons. The van der Waals surface area contributed by atoms with Gasteiger partial charge in [0.25, 0.3) is 0 Å². The first-order valence-electron chi connectivity index (χ1n) is 28.6. The van der Waals surface area contributed by atoms with Crippen molar-refractivity contribution in [2.45, 2.75) is 0 Å². The Labute approximate surface area is 489 Å². The molecule has 0 fully saturated rings. The van der Waals surface area contributed by atoms with E-state index in [1.54, 1.807) is 0 Å². The zero-order valence-electron chi connectivity index (χ0n) is 46.0. The largest absolute Gasteiger partial charge is 0.456 e. The van der Waals surface area contributed by atoms with Crippen LogP contribution in [0.2, 0.25) is 0 Å². The molecule has 1 heterocycles. The monoisotopic (exact) mass is 1070 g/mol. The summed E-state index contributed by atoms with van der Waals surface area (Å²) in [4.78, 5) is 7.30. The van der Waals surface area contributed by atoms with Gasteiger partial charge in [-0.05, 0) is 152 Å². The normalized spacial score (nSPS) is 11.3. The van der Waals surface area contributed by atoms with Crippen molar-refractivity contribution in [1.82, 2.24) is 0 Å². The lowest BCUT2D eigenvalue weighted by molar-refractivity contribution is 0.669. The SMILES string of the molecule is c1ccc(-c2ccc(N(c3ccc(-c4ccc5oc6ccccc6c5c4)cc3)c3cc(N(c4ccc(-c5ccccc5)cc4)c4cccc5ccccc45)cc(N(c4ccc(-c5ccccc5)cc4)c4cccc5ccccc45)c3)cc2)cc1. The molecule has 0 N–H and O–H groups in total. The Morgan fingerprint density at radius 2 is 0.488 bits per heavy atom. The van der Waals surface area contributed by atoms with Crippen molar-refractivity contribution in [3.63, 3.8) is 0 Å². The van der Waals surface area contributed by atoms with Crippen LogP contribution in [-0.2, 0) is 0 Å². The molecule has 0 saturated carbocycles. The molecule has 0 atom stereocenters. The fourth-order valence-corrected chi connectivity index (χ4v) is 12.1. The van der Waals surface area contributed by atoms with Gasteiger partial charge in [-0.15, -0.1) is 0 Å². The Kier molecular flexibility index (Phi) is 12.9. The molecule has 0 spiro atoms. The number of para-hydroxylation sites is 1. The van der Waals surface area contributed by atoms with Crippen molar-refractivity contribution in [1.29, 1.82) is 0 Å². The molecule has 84 heavy (non-hydrogen) atoms. The molecule has 0 aliphatic rings. The summed E-state index contributed by atoms with van der Waals surface area (Å²) in [6.07, 6.45) is 0. The van der Waals surface area contributed by atoms with Crippen molar-refractivity contribution in [2.24, 2.45) is 0 Å². The molecular formula is C80H55N3O. The van der Waals surface area contributed by atoms with Crippen LogP contribution in [0.15, 0.2) is 338 Å². The molecule has 4 heteroatoms. The molecule has 0 aliphatic heterocycles. The smallest absolute Gasteiger partial charge is 0.135 e. The molecule has 0 saturated heterocycles. The lowest BCUT2D eigenvalue weighted by Gasteiger charge is -2.33. The predicted octanol–water partition coefficient (Wildman–Crippen LogP) is 23.0. The van der Waals surface area contributed by atoms with Gasteiger partial charge in [0.05, 0.1) is 28.4 Å². The fraction of sp³-hybridized carbons (Fsp3) is 0. The van der Waals surface area contributed by atoms with Crippen LogP contribution < -0.4 is 14.7 Å². The minimum Gasteiger partial charge on any atom is -0.456 e. The van der Waals surface area contributed by atoms with Crippen LogP contribution in [0.4, 0.5) is 51.2 Å². The van der Waals surface area contributed by atoms with Crippen molar-refractivity contribution in [3.8, 4) is 44.5 Å². The number of nitrogens with zero attached hydrogens (tertiary/aromatic N) is 3. The Morgan fingerprint density at radius 3 is 0.929 bits per heavy atom. The fourth-order valence-electron chi connectivity index (χ4n) is 12.1. The van der Waals surface area contributed by atoms with E-state index in [-0.39, 0.29) is 0 Å². The van der Waals surface area contributed by atoms with Gasteiger partial charge >= 0.3 is 0 Å². The van der Waals surface area contributed by atoms with E-state index in [0.29, 0.717) is 0 Å². The van der Waals surface area contributed by atoms with E-state index < -0.39 is 0 Å². The predicted molar refractivity (Wildman–Crippen MR) is 355 cm³/mol. The Hall–Kier alpha value is -11.2. The van der Waals surface area contributed by atoms with Gasteiger partial charge in [0.15, 0.2) is 0 Å². The Morgan fingerprint density at radius 1 is 0.179 bits per heavy atom. The number of rotatable bonds is 13. The van der Waals surface area contributed by atoms with E-state index in [2.05, 4.69) is 336 Å². The van der Waals surface area contributed by atoms with Crippen LogP contribution in [-0.4, -0.2) is 0 Å². The lowest BCUT2D eigenvalue weighted by Crippen LogP contribution is -2.16. The quantitative estimate of drug-likeness (QED) is 0.115. The van der Waals surface area contributed by atoms with Gasteiger partial charge in [-0.2, -0.15) is 0 Å². The standard InChI is InChI=1S/C80H55N3O/c1-4-18-56(19-5-1)59-34-43-66(44-35-59)81(67-45-40-62(41-46-67)65-42-51-80-76(52-65)75-30-14-15-33-79(75)84-80)70-53-71(82(77-31-16-26-63-24-10-12-28-73(63)77)68-47-36-60(37-48-68)57-20-6-2-7-21-57)55-72(54-70)83(78-32-17-27-64-25-11-13-29-74(64)78)69-49-38-61(39-50-69)58-22-8-3-9-23-58/h1-55H. The third-order valence-electron chi connectivity index (χ3n) is 16.2. The summed E-state index contributed by atoms with van der Waals surface area (Å²) < 4.78 is 6.27. The number of benzene rings is 14. The summed E-state index contributed by atoms with van der Waals surface area (Å²) in [5.74, 6) is 0. The maximum Gasteiger partial charge on any atom is 0.135 e. The van der Waals surface area contributed by atoms with Gasteiger partial charge in [-0.1, -0.05) is 237 Å². The van der Waals surface area contributed by atoms with E-state index in [1.807, 2.05) is 12.1 Å². The summed E-state index contributed by atoms with van der Waals surface area (Å²) in [6, 6.07) is 121. The Bertz CT molecular complexity index is 4610. The first kappa shape index (κ1) is 49.8. The van der Waals surface area contributed by atoms with Crippen LogP contribution in [0.1, 0.15) is 0 Å². The average Bonchev–Trinajstić information content (AvgIpc) is 4.12. The van der Waals surface area contributed by atoms with Crippen molar-refractivity contribution in [3.05, 3.63) is 334 Å². The second kappa shape index (κ2) is 21.7. The second-order valence-corrected chi connectivity index (χ2v) is 21.3. The van der Waals surface area contributed by atoms with Gasteiger partial charge in [0, 0.05) is 44.3 Å². The zero-order chi connectivity index (χ0) is 55.8. The highest BCUT2D eigenvalue weighted by atomic mass is 16.3. The summed E-state index contributed by atoms with van der Waals surface area (Å²) >= 11 is 0.